The van der Waals surface area contributed by atoms with Crippen molar-refractivity contribution in [2.75, 3.05) is 27.9 Å². The zero-order chi connectivity index (χ0) is 22.6. The summed E-state index contributed by atoms with van der Waals surface area (Å²) in [6.45, 7) is 2.59. The topological polar surface area (TPSA) is 85.9 Å². The van der Waals surface area contributed by atoms with Gasteiger partial charge in [0.25, 0.3) is 5.91 Å². The first-order valence-electron chi connectivity index (χ1n) is 10.1. The van der Waals surface area contributed by atoms with E-state index in [4.69, 9.17) is 14.2 Å². The van der Waals surface area contributed by atoms with Crippen molar-refractivity contribution >= 4 is 17.9 Å². The van der Waals surface area contributed by atoms with Crippen molar-refractivity contribution in [2.45, 2.75) is 26.2 Å². The number of ether oxygens (including phenoxy) is 3. The molecule has 31 heavy (non-hydrogen) atoms. The largest absolute Gasteiger partial charge is 0.497 e. The van der Waals surface area contributed by atoms with Gasteiger partial charge in [-0.2, -0.15) is 0 Å². The van der Waals surface area contributed by atoms with Gasteiger partial charge < -0.3 is 24.8 Å². The lowest BCUT2D eigenvalue weighted by Gasteiger charge is -2.12. The molecule has 7 nitrogen and oxygen atoms in total. The lowest BCUT2D eigenvalue weighted by Crippen LogP contribution is -2.35. The standard InChI is InChI=1S/C24H30N2O5/c1-5-6-13-25-24(28)20(14-17-7-10-19(29-2)11-8-17)26-23(27)16-18-9-12-21(30-3)22(15-18)31-4/h7-12,14-15H,5-6,13,16H2,1-4H3,(H,25,28)(H,26,27)/b20-14-. The van der Waals surface area contributed by atoms with Crippen molar-refractivity contribution in [1.29, 1.82) is 0 Å². The second kappa shape index (κ2) is 12.3. The number of carbonyl (C=O) groups is 2. The average molecular weight is 427 g/mol. The Labute approximate surface area is 183 Å². The molecule has 0 aliphatic rings. The number of carbonyl (C=O) groups excluding carboxylic acids is 2. The molecule has 0 saturated heterocycles. The zero-order valence-electron chi connectivity index (χ0n) is 18.5. The first-order valence-corrected chi connectivity index (χ1v) is 10.1. The van der Waals surface area contributed by atoms with Crippen LogP contribution in [0.3, 0.4) is 0 Å². The van der Waals surface area contributed by atoms with E-state index in [1.54, 1.807) is 50.6 Å². The third-order valence-corrected chi connectivity index (χ3v) is 4.57. The molecular weight excluding hydrogens is 396 g/mol. The maximum Gasteiger partial charge on any atom is 0.267 e. The third-order valence-electron chi connectivity index (χ3n) is 4.57. The fourth-order valence-corrected chi connectivity index (χ4v) is 2.87. The number of rotatable bonds is 11. The van der Waals surface area contributed by atoms with E-state index in [2.05, 4.69) is 10.6 Å². The normalized spacial score (nSPS) is 10.9. The molecule has 2 aromatic carbocycles. The van der Waals surface area contributed by atoms with Crippen molar-refractivity contribution in [3.8, 4) is 17.2 Å². The molecule has 166 valence electrons. The molecule has 2 N–H and O–H groups in total. The van der Waals surface area contributed by atoms with Gasteiger partial charge in [0.15, 0.2) is 11.5 Å². The Bertz CT molecular complexity index is 907. The van der Waals surface area contributed by atoms with Crippen LogP contribution < -0.4 is 24.8 Å². The number of hydrogen-bond acceptors (Lipinski definition) is 5. The molecule has 0 aliphatic carbocycles. The Hall–Kier alpha value is -3.48. The molecule has 0 atom stereocenters. The van der Waals surface area contributed by atoms with Gasteiger partial charge in [0.05, 0.1) is 27.8 Å². The van der Waals surface area contributed by atoms with Gasteiger partial charge in [-0.05, 0) is 47.9 Å². The van der Waals surface area contributed by atoms with Gasteiger partial charge in [-0.1, -0.05) is 31.5 Å². The minimum Gasteiger partial charge on any atom is -0.497 e. The number of hydrogen-bond donors (Lipinski definition) is 2. The lowest BCUT2D eigenvalue weighted by molar-refractivity contribution is -0.123. The minimum atomic E-state index is -0.329. The summed E-state index contributed by atoms with van der Waals surface area (Å²) in [5, 5.41) is 5.59. The van der Waals surface area contributed by atoms with Crippen molar-refractivity contribution < 1.29 is 23.8 Å². The van der Waals surface area contributed by atoms with Gasteiger partial charge in [0, 0.05) is 6.54 Å². The van der Waals surface area contributed by atoms with Crippen LogP contribution in [0.2, 0.25) is 0 Å². The highest BCUT2D eigenvalue weighted by molar-refractivity contribution is 6.01. The Morgan fingerprint density at radius 2 is 1.65 bits per heavy atom. The third kappa shape index (κ3) is 7.37. The van der Waals surface area contributed by atoms with Gasteiger partial charge in [0.1, 0.15) is 11.4 Å². The number of methoxy groups -OCH3 is 3. The summed E-state index contributed by atoms with van der Waals surface area (Å²) in [7, 11) is 4.68. The fourth-order valence-electron chi connectivity index (χ4n) is 2.87. The Morgan fingerprint density at radius 3 is 2.26 bits per heavy atom. The van der Waals surface area contributed by atoms with E-state index >= 15 is 0 Å². The monoisotopic (exact) mass is 426 g/mol. The summed E-state index contributed by atoms with van der Waals surface area (Å²) in [5.41, 5.74) is 1.70. The Morgan fingerprint density at radius 1 is 0.935 bits per heavy atom. The van der Waals surface area contributed by atoms with Crippen molar-refractivity contribution in [3.05, 3.63) is 59.3 Å². The molecule has 0 saturated carbocycles. The summed E-state index contributed by atoms with van der Waals surface area (Å²) < 4.78 is 15.7. The maximum atomic E-state index is 12.7. The number of amides is 2. The van der Waals surface area contributed by atoms with E-state index in [1.807, 2.05) is 19.1 Å². The first kappa shape index (κ1) is 23.8. The predicted molar refractivity (Wildman–Crippen MR) is 120 cm³/mol. The van der Waals surface area contributed by atoms with Crippen LogP contribution in [0.25, 0.3) is 6.08 Å². The zero-order valence-corrected chi connectivity index (χ0v) is 18.5. The van der Waals surface area contributed by atoms with E-state index < -0.39 is 0 Å². The highest BCUT2D eigenvalue weighted by Crippen LogP contribution is 2.27. The summed E-state index contributed by atoms with van der Waals surface area (Å²) in [4.78, 5) is 25.3. The van der Waals surface area contributed by atoms with E-state index in [9.17, 15) is 9.59 Å². The average Bonchev–Trinajstić information content (AvgIpc) is 2.79. The summed E-state index contributed by atoms with van der Waals surface area (Å²) in [5.74, 6) is 1.20. The molecule has 2 amide bonds. The van der Waals surface area contributed by atoms with E-state index in [0.717, 1.165) is 24.0 Å². The molecular formula is C24H30N2O5. The second-order valence-electron chi connectivity index (χ2n) is 6.85. The quantitative estimate of drug-likeness (QED) is 0.425. The molecule has 0 unspecified atom stereocenters. The van der Waals surface area contributed by atoms with Crippen LogP contribution in [0, 0.1) is 0 Å². The van der Waals surface area contributed by atoms with Gasteiger partial charge in [-0.25, -0.2) is 0 Å². The minimum absolute atomic E-state index is 0.0859. The lowest BCUT2D eigenvalue weighted by atomic mass is 10.1. The molecule has 0 heterocycles. The maximum absolute atomic E-state index is 12.7. The van der Waals surface area contributed by atoms with Crippen molar-refractivity contribution in [2.24, 2.45) is 0 Å². The number of nitrogens with one attached hydrogen (secondary N) is 2. The highest BCUT2D eigenvalue weighted by Gasteiger charge is 2.14. The molecule has 0 fully saturated rings. The van der Waals surface area contributed by atoms with E-state index in [-0.39, 0.29) is 23.9 Å². The summed E-state index contributed by atoms with van der Waals surface area (Å²) in [6, 6.07) is 12.5. The molecule has 0 radical (unpaired) electrons. The molecule has 7 heteroatoms. The fraction of sp³-hybridized carbons (Fsp3) is 0.333. The SMILES string of the molecule is CCCCNC(=O)/C(=C/c1ccc(OC)cc1)NC(=O)Cc1ccc(OC)c(OC)c1. The number of unbranched alkanes of at least 4 members (excludes halogenated alkanes) is 1. The van der Waals surface area contributed by atoms with E-state index in [0.29, 0.717) is 23.8 Å². The highest BCUT2D eigenvalue weighted by atomic mass is 16.5. The molecule has 0 aliphatic heterocycles. The van der Waals surface area contributed by atoms with Crippen LogP contribution in [0.15, 0.2) is 48.2 Å². The van der Waals surface area contributed by atoms with Crippen LogP contribution in [0.5, 0.6) is 17.2 Å². The van der Waals surface area contributed by atoms with E-state index in [1.165, 1.54) is 7.11 Å². The molecule has 0 spiro atoms. The van der Waals surface area contributed by atoms with Crippen LogP contribution in [0.1, 0.15) is 30.9 Å². The van der Waals surface area contributed by atoms with Gasteiger partial charge in [0.2, 0.25) is 5.91 Å². The van der Waals surface area contributed by atoms with Gasteiger partial charge in [-0.3, -0.25) is 9.59 Å². The van der Waals surface area contributed by atoms with Gasteiger partial charge in [-0.15, -0.1) is 0 Å². The van der Waals surface area contributed by atoms with Gasteiger partial charge >= 0.3 is 0 Å². The predicted octanol–water partition coefficient (Wildman–Crippen LogP) is 3.33. The van der Waals surface area contributed by atoms with Crippen LogP contribution in [0.4, 0.5) is 0 Å². The van der Waals surface area contributed by atoms with Crippen LogP contribution >= 0.6 is 0 Å². The molecule has 0 bridgehead atoms. The first-order chi connectivity index (χ1) is 15.0. The number of benzene rings is 2. The molecule has 2 rings (SSSR count). The smallest absolute Gasteiger partial charge is 0.267 e. The second-order valence-corrected chi connectivity index (χ2v) is 6.85. The van der Waals surface area contributed by atoms with Crippen LogP contribution in [-0.4, -0.2) is 39.7 Å². The Balaban J connectivity index is 2.17. The molecule has 2 aromatic rings. The summed E-state index contributed by atoms with van der Waals surface area (Å²) in [6.07, 6.45) is 3.56. The Kier molecular flexibility index (Phi) is 9.42. The van der Waals surface area contributed by atoms with Crippen molar-refractivity contribution in [1.82, 2.24) is 10.6 Å². The molecule has 0 aromatic heterocycles. The van der Waals surface area contributed by atoms with Crippen LogP contribution in [-0.2, 0) is 16.0 Å². The van der Waals surface area contributed by atoms with Crippen molar-refractivity contribution in [3.63, 3.8) is 0 Å². The summed E-state index contributed by atoms with van der Waals surface area (Å²) >= 11 is 0.